The molecule has 2 heteroatoms. The average Bonchev–Trinajstić information content (AvgIpc) is 2.20. The zero-order chi connectivity index (χ0) is 10.6. The Labute approximate surface area is 96.2 Å². The van der Waals surface area contributed by atoms with Crippen molar-refractivity contribution in [2.45, 2.75) is 32.1 Å². The van der Waals surface area contributed by atoms with E-state index in [1.165, 1.54) is 5.56 Å². The number of alkyl halides is 1. The molecular formula is C12H16Cl2. The van der Waals surface area contributed by atoms with E-state index in [1.54, 1.807) is 0 Å². The Bertz CT molecular complexity index is 266. The van der Waals surface area contributed by atoms with E-state index in [9.17, 15) is 0 Å². The molecular weight excluding hydrogens is 215 g/mol. The average molecular weight is 231 g/mol. The molecule has 1 aromatic carbocycles. The summed E-state index contributed by atoms with van der Waals surface area (Å²) in [6.07, 6.45) is 2.05. The Morgan fingerprint density at radius 2 is 1.79 bits per heavy atom. The van der Waals surface area contributed by atoms with Gasteiger partial charge in [0.2, 0.25) is 0 Å². The van der Waals surface area contributed by atoms with Gasteiger partial charge in [0.05, 0.1) is 0 Å². The fourth-order valence-electron chi connectivity index (χ4n) is 1.52. The van der Waals surface area contributed by atoms with Crippen LogP contribution in [0.3, 0.4) is 0 Å². The Morgan fingerprint density at radius 1 is 1.21 bits per heavy atom. The molecule has 1 aromatic rings. The zero-order valence-corrected chi connectivity index (χ0v) is 10.1. The van der Waals surface area contributed by atoms with Crippen molar-refractivity contribution in [3.63, 3.8) is 0 Å². The quantitative estimate of drug-likeness (QED) is 0.667. The minimum absolute atomic E-state index is 0.269. The summed E-state index contributed by atoms with van der Waals surface area (Å²) in [7, 11) is 0. The highest BCUT2D eigenvalue weighted by Gasteiger charge is 2.12. The van der Waals surface area contributed by atoms with E-state index >= 15 is 0 Å². The standard InChI is InChI=1S/C12H16Cl2/c1-3-12(14)9(2)8-10-4-6-11(13)7-5-10/h4-7,9,12H,3,8H2,1-2H3. The molecule has 1 rings (SSSR count). The molecule has 0 N–H and O–H groups in total. The van der Waals surface area contributed by atoms with E-state index < -0.39 is 0 Å². The first-order chi connectivity index (χ1) is 6.63. The summed E-state index contributed by atoms with van der Waals surface area (Å²) in [6, 6.07) is 7.99. The Balaban J connectivity index is 2.56. The predicted molar refractivity (Wildman–Crippen MR) is 64.3 cm³/mol. The Morgan fingerprint density at radius 3 is 2.29 bits per heavy atom. The lowest BCUT2D eigenvalue weighted by molar-refractivity contribution is 0.531. The summed E-state index contributed by atoms with van der Waals surface area (Å²) in [6.45, 7) is 4.31. The summed E-state index contributed by atoms with van der Waals surface area (Å²) in [5.41, 5.74) is 1.31. The summed E-state index contributed by atoms with van der Waals surface area (Å²) >= 11 is 12.0. The smallest absolute Gasteiger partial charge is 0.0406 e. The number of halogens is 2. The maximum Gasteiger partial charge on any atom is 0.0406 e. The van der Waals surface area contributed by atoms with E-state index in [-0.39, 0.29) is 5.38 Å². The van der Waals surface area contributed by atoms with Gasteiger partial charge in [-0.25, -0.2) is 0 Å². The summed E-state index contributed by atoms with van der Waals surface area (Å²) in [5.74, 6) is 0.517. The molecule has 0 radical (unpaired) electrons. The molecule has 0 aliphatic heterocycles. The van der Waals surface area contributed by atoms with Gasteiger partial charge in [0.15, 0.2) is 0 Å². The SMILES string of the molecule is CCC(Cl)C(C)Cc1ccc(Cl)cc1. The van der Waals surface area contributed by atoms with E-state index in [4.69, 9.17) is 23.2 Å². The molecule has 0 aliphatic rings. The molecule has 0 bridgehead atoms. The molecule has 0 spiro atoms. The topological polar surface area (TPSA) is 0 Å². The lowest BCUT2D eigenvalue weighted by Crippen LogP contribution is -2.12. The van der Waals surface area contributed by atoms with E-state index in [1.807, 2.05) is 12.1 Å². The maximum absolute atomic E-state index is 6.17. The molecule has 2 atom stereocenters. The Kier molecular flexibility index (Phi) is 4.77. The van der Waals surface area contributed by atoms with Gasteiger partial charge >= 0.3 is 0 Å². The highest BCUT2D eigenvalue weighted by Crippen LogP contribution is 2.20. The minimum Gasteiger partial charge on any atom is -0.123 e. The molecule has 14 heavy (non-hydrogen) atoms. The van der Waals surface area contributed by atoms with Crippen LogP contribution in [0, 0.1) is 5.92 Å². The van der Waals surface area contributed by atoms with Gasteiger partial charge in [-0.05, 0) is 36.5 Å². The van der Waals surface area contributed by atoms with Crippen molar-refractivity contribution in [1.82, 2.24) is 0 Å². The maximum atomic E-state index is 6.17. The molecule has 0 nitrogen and oxygen atoms in total. The fraction of sp³-hybridized carbons (Fsp3) is 0.500. The summed E-state index contributed by atoms with van der Waals surface area (Å²) in [5, 5.41) is 1.06. The Hall–Kier alpha value is -0.200. The second-order valence-electron chi connectivity index (χ2n) is 3.73. The van der Waals surface area contributed by atoms with Crippen molar-refractivity contribution >= 4 is 23.2 Å². The molecule has 0 saturated carbocycles. The number of benzene rings is 1. The van der Waals surface area contributed by atoms with Crippen molar-refractivity contribution < 1.29 is 0 Å². The van der Waals surface area contributed by atoms with Gasteiger partial charge < -0.3 is 0 Å². The van der Waals surface area contributed by atoms with E-state index in [0.29, 0.717) is 5.92 Å². The largest absolute Gasteiger partial charge is 0.123 e. The third-order valence-corrected chi connectivity index (χ3v) is 3.47. The highest BCUT2D eigenvalue weighted by molar-refractivity contribution is 6.30. The summed E-state index contributed by atoms with van der Waals surface area (Å²) < 4.78 is 0. The molecule has 0 aliphatic carbocycles. The van der Waals surface area contributed by atoms with Crippen LogP contribution >= 0.6 is 23.2 Å². The van der Waals surface area contributed by atoms with Crippen molar-refractivity contribution in [2.75, 3.05) is 0 Å². The second kappa shape index (κ2) is 5.63. The number of rotatable bonds is 4. The van der Waals surface area contributed by atoms with Crippen LogP contribution in [0.1, 0.15) is 25.8 Å². The minimum atomic E-state index is 0.269. The summed E-state index contributed by atoms with van der Waals surface area (Å²) in [4.78, 5) is 0. The molecule has 0 fully saturated rings. The van der Waals surface area contributed by atoms with Crippen molar-refractivity contribution in [1.29, 1.82) is 0 Å². The number of hydrogen-bond donors (Lipinski definition) is 0. The van der Waals surface area contributed by atoms with Gasteiger partial charge in [-0.15, -0.1) is 11.6 Å². The number of hydrogen-bond acceptors (Lipinski definition) is 0. The van der Waals surface area contributed by atoms with Crippen LogP contribution in [0.2, 0.25) is 5.02 Å². The monoisotopic (exact) mass is 230 g/mol. The van der Waals surface area contributed by atoms with Crippen LogP contribution < -0.4 is 0 Å². The van der Waals surface area contributed by atoms with Gasteiger partial charge in [0.1, 0.15) is 0 Å². The zero-order valence-electron chi connectivity index (χ0n) is 8.63. The third-order valence-electron chi connectivity index (χ3n) is 2.48. The molecule has 78 valence electrons. The molecule has 2 unspecified atom stereocenters. The normalized spacial score (nSPS) is 15.1. The first-order valence-electron chi connectivity index (χ1n) is 5.02. The molecule has 0 aromatic heterocycles. The van der Waals surface area contributed by atoms with E-state index in [2.05, 4.69) is 26.0 Å². The third kappa shape index (κ3) is 3.51. The van der Waals surface area contributed by atoms with Gasteiger partial charge in [-0.2, -0.15) is 0 Å². The van der Waals surface area contributed by atoms with Crippen LogP contribution in [0.5, 0.6) is 0 Å². The van der Waals surface area contributed by atoms with Gasteiger partial charge in [0, 0.05) is 10.4 Å². The van der Waals surface area contributed by atoms with Crippen molar-refractivity contribution in [2.24, 2.45) is 5.92 Å². The van der Waals surface area contributed by atoms with Crippen molar-refractivity contribution in [3.05, 3.63) is 34.9 Å². The molecule has 0 amide bonds. The van der Waals surface area contributed by atoms with Crippen LogP contribution in [0.15, 0.2) is 24.3 Å². The van der Waals surface area contributed by atoms with Gasteiger partial charge in [0.25, 0.3) is 0 Å². The second-order valence-corrected chi connectivity index (χ2v) is 4.73. The van der Waals surface area contributed by atoms with Gasteiger partial charge in [-0.1, -0.05) is 37.6 Å². The van der Waals surface area contributed by atoms with Gasteiger partial charge in [-0.3, -0.25) is 0 Å². The van der Waals surface area contributed by atoms with E-state index in [0.717, 1.165) is 17.9 Å². The van der Waals surface area contributed by atoms with Crippen LogP contribution in [0.4, 0.5) is 0 Å². The lowest BCUT2D eigenvalue weighted by atomic mass is 9.97. The van der Waals surface area contributed by atoms with Crippen LogP contribution in [-0.2, 0) is 6.42 Å². The molecule has 0 saturated heterocycles. The van der Waals surface area contributed by atoms with Crippen LogP contribution in [0.25, 0.3) is 0 Å². The first-order valence-corrected chi connectivity index (χ1v) is 5.83. The van der Waals surface area contributed by atoms with Crippen LogP contribution in [-0.4, -0.2) is 5.38 Å². The fourth-order valence-corrected chi connectivity index (χ4v) is 1.74. The highest BCUT2D eigenvalue weighted by atomic mass is 35.5. The van der Waals surface area contributed by atoms with Crippen molar-refractivity contribution in [3.8, 4) is 0 Å². The first kappa shape index (κ1) is 11.9. The molecule has 0 heterocycles. The lowest BCUT2D eigenvalue weighted by Gasteiger charge is -2.16. The predicted octanol–water partition coefficient (Wildman–Crippen LogP) is 4.54.